The quantitative estimate of drug-likeness (QED) is 0.654. The predicted molar refractivity (Wildman–Crippen MR) is 65.8 cm³/mol. The Balaban J connectivity index is 0.000000853. The summed E-state index contributed by atoms with van der Waals surface area (Å²) in [6, 6.07) is 4.94. The summed E-state index contributed by atoms with van der Waals surface area (Å²) in [4.78, 5) is 2.42. The average molecular weight is 224 g/mol. The van der Waals surface area contributed by atoms with Crippen LogP contribution in [0.15, 0.2) is 12.1 Å². The smallest absolute Gasteiger partial charge is 0.0233 e. The first kappa shape index (κ1) is 11.0. The zero-order chi connectivity index (χ0) is 9.54. The maximum absolute atomic E-state index is 2.48. The van der Waals surface area contributed by atoms with Crippen LogP contribution in [0.5, 0.6) is 0 Å². The summed E-state index contributed by atoms with van der Waals surface area (Å²) >= 11 is 0. The first-order chi connectivity index (χ1) is 6.83. The minimum absolute atomic E-state index is 0. The van der Waals surface area contributed by atoms with Crippen LogP contribution >= 0.6 is 12.4 Å². The molecule has 82 valence electrons. The second-order valence-corrected chi connectivity index (χ2v) is 4.73. The van der Waals surface area contributed by atoms with E-state index in [-0.39, 0.29) is 12.4 Å². The van der Waals surface area contributed by atoms with E-state index >= 15 is 0 Å². The van der Waals surface area contributed by atoms with E-state index in [1.165, 1.54) is 32.2 Å². The molecule has 0 radical (unpaired) electrons. The number of rotatable bonds is 0. The van der Waals surface area contributed by atoms with Gasteiger partial charge in [-0.2, -0.15) is 0 Å². The molecule has 0 spiro atoms. The Labute approximate surface area is 97.9 Å². The molecule has 0 bridgehead atoms. The molecule has 2 aliphatic rings. The number of nitrogens with zero attached hydrogens (tertiary/aromatic N) is 1. The Morgan fingerprint density at radius 2 is 1.53 bits per heavy atom. The largest absolute Gasteiger partial charge is 0.302 e. The molecule has 1 nitrogen and oxygen atoms in total. The van der Waals surface area contributed by atoms with Crippen LogP contribution in [0.25, 0.3) is 0 Å². The number of hydrogen-bond acceptors (Lipinski definition) is 1. The maximum Gasteiger partial charge on any atom is 0.0233 e. The third kappa shape index (κ3) is 1.91. The highest BCUT2D eigenvalue weighted by molar-refractivity contribution is 5.85. The van der Waals surface area contributed by atoms with Crippen molar-refractivity contribution in [2.24, 2.45) is 0 Å². The lowest BCUT2D eigenvalue weighted by Gasteiger charge is -2.25. The molecule has 0 atom stereocenters. The third-order valence-corrected chi connectivity index (χ3v) is 3.62. The second kappa shape index (κ2) is 4.15. The van der Waals surface area contributed by atoms with E-state index in [4.69, 9.17) is 0 Å². The molecular weight excluding hydrogens is 206 g/mol. The minimum atomic E-state index is 0. The molecule has 2 heteroatoms. The summed E-state index contributed by atoms with van der Waals surface area (Å²) in [6.45, 7) is 2.38. The maximum atomic E-state index is 2.48. The number of fused-ring (bicyclic) bond motifs is 2. The van der Waals surface area contributed by atoms with Crippen molar-refractivity contribution in [2.75, 3.05) is 13.6 Å². The highest BCUT2D eigenvalue weighted by atomic mass is 35.5. The SMILES string of the molecule is CN1CCc2cc3c(cc2C1)CCC3.Cl. The van der Waals surface area contributed by atoms with Gasteiger partial charge in [-0.05, 0) is 55.0 Å². The molecule has 1 aliphatic heterocycles. The standard InChI is InChI=1S/C13H17N.ClH/c1-14-6-5-12-7-10-3-2-4-11(10)8-13(12)9-14;/h7-8H,2-6,9H2,1H3;1H. The van der Waals surface area contributed by atoms with Crippen molar-refractivity contribution < 1.29 is 0 Å². The molecule has 1 aromatic carbocycles. The Morgan fingerprint density at radius 1 is 0.933 bits per heavy atom. The molecule has 0 amide bonds. The zero-order valence-electron chi connectivity index (χ0n) is 9.25. The normalized spacial score (nSPS) is 19.3. The summed E-state index contributed by atoms with van der Waals surface area (Å²) in [5.41, 5.74) is 6.45. The van der Waals surface area contributed by atoms with E-state index in [1.807, 2.05) is 0 Å². The molecular formula is C13H18ClN. The van der Waals surface area contributed by atoms with Crippen molar-refractivity contribution in [3.05, 3.63) is 34.4 Å². The monoisotopic (exact) mass is 223 g/mol. The molecule has 0 aromatic heterocycles. The van der Waals surface area contributed by atoms with Crippen LogP contribution in [-0.2, 0) is 25.8 Å². The van der Waals surface area contributed by atoms with E-state index in [0.29, 0.717) is 0 Å². The Morgan fingerprint density at radius 3 is 2.27 bits per heavy atom. The van der Waals surface area contributed by atoms with E-state index < -0.39 is 0 Å². The molecule has 1 heterocycles. The van der Waals surface area contributed by atoms with Crippen LogP contribution in [-0.4, -0.2) is 18.5 Å². The molecule has 0 saturated carbocycles. The van der Waals surface area contributed by atoms with Gasteiger partial charge in [-0.15, -0.1) is 12.4 Å². The Bertz CT molecular complexity index is 373. The zero-order valence-corrected chi connectivity index (χ0v) is 10.1. The first-order valence-corrected chi connectivity index (χ1v) is 5.65. The van der Waals surface area contributed by atoms with Gasteiger partial charge in [-0.3, -0.25) is 0 Å². The molecule has 15 heavy (non-hydrogen) atoms. The number of likely N-dealkylation sites (N-methyl/N-ethyl adjacent to an activating group) is 1. The summed E-state index contributed by atoms with van der Waals surface area (Å²) < 4.78 is 0. The van der Waals surface area contributed by atoms with Crippen molar-refractivity contribution in [3.8, 4) is 0 Å². The van der Waals surface area contributed by atoms with Gasteiger partial charge in [0.05, 0.1) is 0 Å². The van der Waals surface area contributed by atoms with Gasteiger partial charge in [0.15, 0.2) is 0 Å². The summed E-state index contributed by atoms with van der Waals surface area (Å²) in [5.74, 6) is 0. The first-order valence-electron chi connectivity index (χ1n) is 5.65. The molecule has 0 unspecified atom stereocenters. The van der Waals surface area contributed by atoms with Crippen LogP contribution in [0.3, 0.4) is 0 Å². The van der Waals surface area contributed by atoms with Gasteiger partial charge in [0.2, 0.25) is 0 Å². The van der Waals surface area contributed by atoms with Gasteiger partial charge < -0.3 is 4.90 Å². The van der Waals surface area contributed by atoms with Crippen LogP contribution in [0.4, 0.5) is 0 Å². The number of hydrogen-bond donors (Lipinski definition) is 0. The Hall–Kier alpha value is -0.530. The van der Waals surface area contributed by atoms with Crippen molar-refractivity contribution >= 4 is 12.4 Å². The van der Waals surface area contributed by atoms with Gasteiger partial charge >= 0.3 is 0 Å². The van der Waals surface area contributed by atoms with Gasteiger partial charge in [0, 0.05) is 13.1 Å². The highest BCUT2D eigenvalue weighted by Crippen LogP contribution is 2.28. The lowest BCUT2D eigenvalue weighted by Crippen LogP contribution is -2.26. The van der Waals surface area contributed by atoms with Crippen LogP contribution < -0.4 is 0 Å². The van der Waals surface area contributed by atoms with E-state index in [2.05, 4.69) is 24.1 Å². The van der Waals surface area contributed by atoms with Crippen molar-refractivity contribution in [3.63, 3.8) is 0 Å². The number of benzene rings is 1. The second-order valence-electron chi connectivity index (χ2n) is 4.73. The van der Waals surface area contributed by atoms with Gasteiger partial charge in [0.25, 0.3) is 0 Å². The van der Waals surface area contributed by atoms with Crippen LogP contribution in [0, 0.1) is 0 Å². The summed E-state index contributed by atoms with van der Waals surface area (Å²) in [5, 5.41) is 0. The van der Waals surface area contributed by atoms with Crippen LogP contribution in [0.2, 0.25) is 0 Å². The predicted octanol–water partition coefficient (Wildman–Crippen LogP) is 2.59. The molecule has 0 fully saturated rings. The fourth-order valence-electron chi connectivity index (χ4n) is 2.79. The van der Waals surface area contributed by atoms with Crippen LogP contribution in [0.1, 0.15) is 28.7 Å². The van der Waals surface area contributed by atoms with Gasteiger partial charge in [-0.1, -0.05) is 12.1 Å². The fourth-order valence-corrected chi connectivity index (χ4v) is 2.79. The lowest BCUT2D eigenvalue weighted by atomic mass is 9.95. The summed E-state index contributed by atoms with van der Waals surface area (Å²) in [6.07, 6.45) is 5.25. The van der Waals surface area contributed by atoms with Gasteiger partial charge in [-0.25, -0.2) is 0 Å². The number of halogens is 1. The van der Waals surface area contributed by atoms with Gasteiger partial charge in [0.1, 0.15) is 0 Å². The molecule has 1 aliphatic carbocycles. The average Bonchev–Trinajstić information content (AvgIpc) is 2.61. The topological polar surface area (TPSA) is 3.24 Å². The van der Waals surface area contributed by atoms with Crippen molar-refractivity contribution in [1.82, 2.24) is 4.90 Å². The lowest BCUT2D eigenvalue weighted by molar-refractivity contribution is 0.313. The Kier molecular flexibility index (Phi) is 3.03. The minimum Gasteiger partial charge on any atom is -0.302 e. The van der Waals surface area contributed by atoms with E-state index in [9.17, 15) is 0 Å². The molecule has 0 N–H and O–H groups in total. The van der Waals surface area contributed by atoms with E-state index in [1.54, 1.807) is 22.3 Å². The van der Waals surface area contributed by atoms with Crippen molar-refractivity contribution in [1.29, 1.82) is 0 Å². The highest BCUT2D eigenvalue weighted by Gasteiger charge is 2.18. The van der Waals surface area contributed by atoms with E-state index in [0.717, 1.165) is 6.54 Å². The third-order valence-electron chi connectivity index (χ3n) is 3.62. The molecule has 1 aromatic rings. The summed E-state index contributed by atoms with van der Waals surface area (Å²) in [7, 11) is 2.22. The molecule has 3 rings (SSSR count). The fraction of sp³-hybridized carbons (Fsp3) is 0.538. The number of aryl methyl sites for hydroxylation is 2. The van der Waals surface area contributed by atoms with Crippen molar-refractivity contribution in [2.45, 2.75) is 32.2 Å². The molecule has 0 saturated heterocycles.